The fourth-order valence-corrected chi connectivity index (χ4v) is 1.65. The van der Waals surface area contributed by atoms with Crippen LogP contribution in [0.3, 0.4) is 0 Å². The molecule has 0 fully saturated rings. The summed E-state index contributed by atoms with van der Waals surface area (Å²) in [5.41, 5.74) is 1.53. The summed E-state index contributed by atoms with van der Waals surface area (Å²) in [4.78, 5) is 15.8. The molecule has 0 aliphatic heterocycles. The Hall–Kier alpha value is -2.82. The SMILES string of the molecule is COc1ccc(C=CC(=O)Nc2ccc(OC)nc2)cc1. The molecule has 1 N–H and O–H groups in total. The van der Waals surface area contributed by atoms with Crippen molar-refractivity contribution in [3.8, 4) is 11.6 Å². The van der Waals surface area contributed by atoms with Crippen LogP contribution in [0.15, 0.2) is 48.7 Å². The standard InChI is InChI=1S/C16H16N2O3/c1-20-14-7-3-12(4-8-14)5-9-15(19)18-13-6-10-16(21-2)17-11-13/h3-11H,1-2H3,(H,18,19). The summed E-state index contributed by atoms with van der Waals surface area (Å²) in [6.45, 7) is 0. The molecule has 1 heterocycles. The Kier molecular flexibility index (Phi) is 4.93. The molecule has 2 rings (SSSR count). The Balaban J connectivity index is 1.94. The van der Waals surface area contributed by atoms with Gasteiger partial charge in [-0.25, -0.2) is 4.98 Å². The van der Waals surface area contributed by atoms with Crippen molar-refractivity contribution in [3.63, 3.8) is 0 Å². The molecule has 1 aromatic carbocycles. The van der Waals surface area contributed by atoms with E-state index < -0.39 is 0 Å². The van der Waals surface area contributed by atoms with Crippen molar-refractivity contribution >= 4 is 17.7 Å². The maximum Gasteiger partial charge on any atom is 0.248 e. The third kappa shape index (κ3) is 4.35. The minimum atomic E-state index is -0.224. The molecule has 1 amide bonds. The number of hydrogen-bond acceptors (Lipinski definition) is 4. The highest BCUT2D eigenvalue weighted by Gasteiger charge is 1.99. The van der Waals surface area contributed by atoms with Crippen molar-refractivity contribution in [1.82, 2.24) is 4.98 Å². The highest BCUT2D eigenvalue weighted by molar-refractivity contribution is 6.01. The number of anilines is 1. The molecule has 5 nitrogen and oxygen atoms in total. The monoisotopic (exact) mass is 284 g/mol. The van der Waals surface area contributed by atoms with E-state index in [0.29, 0.717) is 11.6 Å². The molecule has 2 aromatic rings. The van der Waals surface area contributed by atoms with Gasteiger partial charge in [0, 0.05) is 12.1 Å². The van der Waals surface area contributed by atoms with Gasteiger partial charge in [-0.2, -0.15) is 0 Å². The van der Waals surface area contributed by atoms with Gasteiger partial charge in [-0.15, -0.1) is 0 Å². The summed E-state index contributed by atoms with van der Waals surface area (Å²) in [6.07, 6.45) is 4.73. The number of hydrogen-bond donors (Lipinski definition) is 1. The van der Waals surface area contributed by atoms with Crippen LogP contribution < -0.4 is 14.8 Å². The highest BCUT2D eigenvalue weighted by Crippen LogP contribution is 2.13. The second kappa shape index (κ2) is 7.09. The Morgan fingerprint density at radius 1 is 1.10 bits per heavy atom. The van der Waals surface area contributed by atoms with Gasteiger partial charge in [-0.05, 0) is 29.8 Å². The van der Waals surface area contributed by atoms with Crippen LogP contribution >= 0.6 is 0 Å². The fourth-order valence-electron chi connectivity index (χ4n) is 1.65. The number of amides is 1. The van der Waals surface area contributed by atoms with Crippen LogP contribution in [-0.4, -0.2) is 25.1 Å². The van der Waals surface area contributed by atoms with Crippen molar-refractivity contribution in [1.29, 1.82) is 0 Å². The van der Waals surface area contributed by atoms with E-state index in [1.807, 2.05) is 24.3 Å². The summed E-state index contributed by atoms with van der Waals surface area (Å²) >= 11 is 0. The van der Waals surface area contributed by atoms with Crippen LogP contribution in [0.2, 0.25) is 0 Å². The Labute approximate surface area is 123 Å². The second-order valence-corrected chi connectivity index (χ2v) is 4.18. The number of benzene rings is 1. The fraction of sp³-hybridized carbons (Fsp3) is 0.125. The molecule has 0 bridgehead atoms. The van der Waals surface area contributed by atoms with Gasteiger partial charge in [0.1, 0.15) is 5.75 Å². The number of nitrogens with zero attached hydrogens (tertiary/aromatic N) is 1. The van der Waals surface area contributed by atoms with E-state index >= 15 is 0 Å². The van der Waals surface area contributed by atoms with Gasteiger partial charge in [0.05, 0.1) is 26.1 Å². The lowest BCUT2D eigenvalue weighted by Gasteiger charge is -2.03. The van der Waals surface area contributed by atoms with Crippen LogP contribution in [-0.2, 0) is 4.79 Å². The summed E-state index contributed by atoms with van der Waals surface area (Å²) in [5, 5.41) is 2.72. The van der Waals surface area contributed by atoms with Gasteiger partial charge < -0.3 is 14.8 Å². The number of ether oxygens (including phenoxy) is 2. The lowest BCUT2D eigenvalue weighted by Crippen LogP contribution is -2.07. The minimum Gasteiger partial charge on any atom is -0.497 e. The number of carbonyl (C=O) groups excluding carboxylic acids is 1. The molecule has 5 heteroatoms. The summed E-state index contributed by atoms with van der Waals surface area (Å²) in [5.74, 6) is 1.06. The summed E-state index contributed by atoms with van der Waals surface area (Å²) in [6, 6.07) is 10.8. The molecule has 0 saturated carbocycles. The maximum absolute atomic E-state index is 11.8. The molecule has 108 valence electrons. The van der Waals surface area contributed by atoms with Crippen molar-refractivity contribution < 1.29 is 14.3 Å². The lowest BCUT2D eigenvalue weighted by atomic mass is 10.2. The first-order chi connectivity index (χ1) is 10.2. The first-order valence-corrected chi connectivity index (χ1v) is 6.34. The zero-order valence-electron chi connectivity index (χ0n) is 11.9. The molecule has 0 atom stereocenters. The average Bonchev–Trinajstić information content (AvgIpc) is 2.54. The predicted molar refractivity (Wildman–Crippen MR) is 81.4 cm³/mol. The summed E-state index contributed by atoms with van der Waals surface area (Å²) < 4.78 is 10.0. The van der Waals surface area contributed by atoms with E-state index in [2.05, 4.69) is 10.3 Å². The zero-order chi connectivity index (χ0) is 15.1. The normalized spacial score (nSPS) is 10.4. The van der Waals surface area contributed by atoms with E-state index in [1.165, 1.54) is 19.4 Å². The van der Waals surface area contributed by atoms with Crippen molar-refractivity contribution in [2.75, 3.05) is 19.5 Å². The number of nitrogens with one attached hydrogen (secondary N) is 1. The van der Waals surface area contributed by atoms with Gasteiger partial charge in [-0.3, -0.25) is 4.79 Å². The molecule has 1 aromatic heterocycles. The number of aromatic nitrogens is 1. The van der Waals surface area contributed by atoms with Crippen LogP contribution in [0.4, 0.5) is 5.69 Å². The average molecular weight is 284 g/mol. The third-order valence-electron chi connectivity index (χ3n) is 2.76. The molecule has 0 unspecified atom stereocenters. The van der Waals surface area contributed by atoms with Gasteiger partial charge in [0.25, 0.3) is 0 Å². The smallest absolute Gasteiger partial charge is 0.248 e. The Morgan fingerprint density at radius 2 is 1.86 bits per heavy atom. The number of rotatable bonds is 5. The van der Waals surface area contributed by atoms with Crippen LogP contribution in [0.5, 0.6) is 11.6 Å². The topological polar surface area (TPSA) is 60.5 Å². The molecule has 0 aliphatic rings. The van der Waals surface area contributed by atoms with E-state index in [-0.39, 0.29) is 5.91 Å². The molecule has 0 spiro atoms. The molecular weight excluding hydrogens is 268 g/mol. The number of carbonyl (C=O) groups is 1. The summed E-state index contributed by atoms with van der Waals surface area (Å²) in [7, 11) is 3.15. The molecule has 21 heavy (non-hydrogen) atoms. The quantitative estimate of drug-likeness (QED) is 0.858. The lowest BCUT2D eigenvalue weighted by molar-refractivity contribution is -0.111. The van der Waals surface area contributed by atoms with Gasteiger partial charge in [0.2, 0.25) is 11.8 Å². The van der Waals surface area contributed by atoms with Gasteiger partial charge in [0.15, 0.2) is 0 Å². The minimum absolute atomic E-state index is 0.224. The van der Waals surface area contributed by atoms with Gasteiger partial charge >= 0.3 is 0 Å². The Morgan fingerprint density at radius 3 is 2.43 bits per heavy atom. The maximum atomic E-state index is 11.8. The molecule has 0 saturated heterocycles. The number of pyridine rings is 1. The molecule has 0 aliphatic carbocycles. The molecule has 0 radical (unpaired) electrons. The largest absolute Gasteiger partial charge is 0.497 e. The van der Waals surface area contributed by atoms with E-state index in [1.54, 1.807) is 25.3 Å². The Bertz CT molecular complexity index is 619. The predicted octanol–water partition coefficient (Wildman–Crippen LogP) is 2.75. The highest BCUT2D eigenvalue weighted by atomic mass is 16.5. The first-order valence-electron chi connectivity index (χ1n) is 6.34. The van der Waals surface area contributed by atoms with Crippen molar-refractivity contribution in [3.05, 3.63) is 54.2 Å². The number of methoxy groups -OCH3 is 2. The third-order valence-corrected chi connectivity index (χ3v) is 2.76. The molecular formula is C16H16N2O3. The van der Waals surface area contributed by atoms with Crippen molar-refractivity contribution in [2.45, 2.75) is 0 Å². The van der Waals surface area contributed by atoms with E-state index in [0.717, 1.165) is 11.3 Å². The first kappa shape index (κ1) is 14.6. The van der Waals surface area contributed by atoms with E-state index in [4.69, 9.17) is 9.47 Å². The van der Waals surface area contributed by atoms with E-state index in [9.17, 15) is 4.79 Å². The zero-order valence-corrected chi connectivity index (χ0v) is 11.9. The second-order valence-electron chi connectivity index (χ2n) is 4.18. The van der Waals surface area contributed by atoms with Crippen LogP contribution in [0.25, 0.3) is 6.08 Å². The van der Waals surface area contributed by atoms with Crippen LogP contribution in [0.1, 0.15) is 5.56 Å². The van der Waals surface area contributed by atoms with Gasteiger partial charge in [-0.1, -0.05) is 12.1 Å². The van der Waals surface area contributed by atoms with Crippen LogP contribution in [0, 0.1) is 0 Å². The van der Waals surface area contributed by atoms with Crippen molar-refractivity contribution in [2.24, 2.45) is 0 Å².